The summed E-state index contributed by atoms with van der Waals surface area (Å²) in [5.41, 5.74) is -3.42. The molecule has 0 heterocycles. The van der Waals surface area contributed by atoms with Gasteiger partial charge in [0, 0.05) is 16.5 Å². The minimum Gasteiger partial charge on any atom is -0.508 e. The third-order valence-corrected chi connectivity index (χ3v) is 4.64. The normalized spacial score (nSPS) is 14.0. The number of aliphatic hydroxyl groups is 1. The van der Waals surface area contributed by atoms with E-state index in [2.05, 4.69) is 20.7 Å². The molecule has 0 aliphatic rings. The van der Waals surface area contributed by atoms with Crippen molar-refractivity contribution in [3.8, 4) is 5.75 Å². The summed E-state index contributed by atoms with van der Waals surface area (Å²) in [6, 6.07) is 9.23. The zero-order valence-corrected chi connectivity index (χ0v) is 14.6. The monoisotopic (exact) mass is 418 g/mol. The molecular weight excluding hydrogens is 405 g/mol. The number of hydrogen-bond acceptors (Lipinski definition) is 4. The molecule has 0 aliphatic heterocycles. The van der Waals surface area contributed by atoms with Crippen molar-refractivity contribution in [2.24, 2.45) is 0 Å². The highest BCUT2D eigenvalue weighted by molar-refractivity contribution is 9.10. The van der Waals surface area contributed by atoms with Crippen LogP contribution in [0.15, 0.2) is 46.9 Å². The first kappa shape index (κ1) is 19.3. The molecule has 0 spiro atoms. The Hall–Kier alpha value is -2.06. The van der Waals surface area contributed by atoms with Crippen LogP contribution >= 0.6 is 15.9 Å². The van der Waals surface area contributed by atoms with Gasteiger partial charge < -0.3 is 14.9 Å². The van der Waals surface area contributed by atoms with Gasteiger partial charge in [-0.2, -0.15) is 13.2 Å². The van der Waals surface area contributed by atoms with Gasteiger partial charge in [0.2, 0.25) is 0 Å². The lowest BCUT2D eigenvalue weighted by atomic mass is 9.86. The van der Waals surface area contributed by atoms with Crippen LogP contribution < -0.4 is 0 Å². The maximum Gasteiger partial charge on any atom is 0.417 e. The highest BCUT2D eigenvalue weighted by Crippen LogP contribution is 2.42. The summed E-state index contributed by atoms with van der Waals surface area (Å²) in [7, 11) is 1.05. The molecule has 134 valence electrons. The Morgan fingerprint density at radius 2 is 1.76 bits per heavy atom. The maximum atomic E-state index is 13.1. The lowest BCUT2D eigenvalue weighted by Crippen LogP contribution is -2.39. The van der Waals surface area contributed by atoms with Gasteiger partial charge in [0.15, 0.2) is 5.60 Å². The van der Waals surface area contributed by atoms with Crippen LogP contribution in [0.1, 0.15) is 16.7 Å². The van der Waals surface area contributed by atoms with Gasteiger partial charge in [-0.3, -0.25) is 0 Å². The van der Waals surface area contributed by atoms with E-state index in [9.17, 15) is 28.2 Å². The molecule has 0 aromatic heterocycles. The van der Waals surface area contributed by atoms with E-state index in [4.69, 9.17) is 0 Å². The molecule has 1 unspecified atom stereocenters. The van der Waals surface area contributed by atoms with Crippen LogP contribution in [0.2, 0.25) is 0 Å². The van der Waals surface area contributed by atoms with Crippen LogP contribution in [0.4, 0.5) is 13.2 Å². The van der Waals surface area contributed by atoms with Crippen molar-refractivity contribution in [3.63, 3.8) is 0 Å². The number of phenols is 1. The molecule has 0 amide bonds. The van der Waals surface area contributed by atoms with E-state index < -0.39 is 40.0 Å². The fourth-order valence-corrected chi connectivity index (χ4v) is 3.13. The van der Waals surface area contributed by atoms with Crippen molar-refractivity contribution in [2.75, 3.05) is 7.11 Å². The number of benzene rings is 2. The summed E-state index contributed by atoms with van der Waals surface area (Å²) in [5.74, 6) is -1.54. The Balaban J connectivity index is 2.60. The van der Waals surface area contributed by atoms with Crippen LogP contribution in [0.25, 0.3) is 0 Å². The molecule has 1 atom stereocenters. The van der Waals surface area contributed by atoms with Crippen molar-refractivity contribution >= 4 is 21.9 Å². The van der Waals surface area contributed by atoms with Crippen molar-refractivity contribution in [3.05, 3.63) is 63.6 Å². The van der Waals surface area contributed by atoms with Gasteiger partial charge in [0.25, 0.3) is 0 Å². The first-order chi connectivity index (χ1) is 11.6. The number of halogens is 4. The smallest absolute Gasteiger partial charge is 0.417 e. The first-order valence-electron chi connectivity index (χ1n) is 7.05. The zero-order valence-electron chi connectivity index (χ0n) is 13.0. The van der Waals surface area contributed by atoms with Crippen LogP contribution in [0.3, 0.4) is 0 Å². The summed E-state index contributed by atoms with van der Waals surface area (Å²) in [5, 5.41) is 20.8. The first-order valence-corrected chi connectivity index (χ1v) is 7.84. The second-order valence-electron chi connectivity index (χ2n) is 5.32. The Morgan fingerprint density at radius 1 is 1.16 bits per heavy atom. The van der Waals surface area contributed by atoms with Crippen molar-refractivity contribution in [1.82, 2.24) is 0 Å². The van der Waals surface area contributed by atoms with Crippen molar-refractivity contribution in [2.45, 2.75) is 18.2 Å². The third kappa shape index (κ3) is 3.80. The van der Waals surface area contributed by atoms with Crippen LogP contribution in [0, 0.1) is 0 Å². The topological polar surface area (TPSA) is 66.8 Å². The van der Waals surface area contributed by atoms with Gasteiger partial charge >= 0.3 is 12.1 Å². The number of aromatic hydroxyl groups is 1. The predicted molar refractivity (Wildman–Crippen MR) is 86.9 cm³/mol. The number of phenolic OH excluding ortho intramolecular Hbond substituents is 1. The minimum atomic E-state index is -4.67. The number of rotatable bonds is 4. The van der Waals surface area contributed by atoms with Gasteiger partial charge in [-0.25, -0.2) is 4.79 Å². The number of hydrogen-bond donors (Lipinski definition) is 2. The largest absolute Gasteiger partial charge is 0.508 e. The molecular formula is C17H14BrF3O4. The average Bonchev–Trinajstić information content (AvgIpc) is 2.57. The van der Waals surface area contributed by atoms with Gasteiger partial charge in [0.1, 0.15) is 5.75 Å². The fraction of sp³-hybridized carbons (Fsp3) is 0.235. The molecule has 4 nitrogen and oxygen atoms in total. The van der Waals surface area contributed by atoms with E-state index in [-0.39, 0.29) is 11.1 Å². The average molecular weight is 419 g/mol. The van der Waals surface area contributed by atoms with E-state index >= 15 is 0 Å². The molecule has 25 heavy (non-hydrogen) atoms. The molecule has 0 saturated carbocycles. The standard InChI is InChI=1S/C17H14BrF3O4/c1-25-15(23)16(24,10-5-3-2-4-6-10)9-11-13(22)8-7-12(14(11)18)17(19,20)21/h2-8,22,24H,9H2,1H3. The predicted octanol–water partition coefficient (Wildman–Crippen LogP) is 3.78. The van der Waals surface area contributed by atoms with Crippen LogP contribution in [-0.4, -0.2) is 23.3 Å². The number of methoxy groups -OCH3 is 1. The highest BCUT2D eigenvalue weighted by Gasteiger charge is 2.42. The molecule has 2 rings (SSSR count). The SMILES string of the molecule is COC(=O)C(O)(Cc1c(O)ccc(C(F)(F)F)c1Br)c1ccccc1. The number of carbonyl (C=O) groups excluding carboxylic acids is 1. The summed E-state index contributed by atoms with van der Waals surface area (Å²) < 4.78 is 43.4. The molecule has 0 fully saturated rings. The lowest BCUT2D eigenvalue weighted by Gasteiger charge is -2.27. The second kappa shape index (κ2) is 7.05. The summed E-state index contributed by atoms with van der Waals surface area (Å²) in [4.78, 5) is 12.2. The van der Waals surface area contributed by atoms with Crippen molar-refractivity contribution in [1.29, 1.82) is 0 Å². The second-order valence-corrected chi connectivity index (χ2v) is 6.11. The molecule has 0 saturated heterocycles. The molecule has 8 heteroatoms. The van der Waals surface area contributed by atoms with Crippen molar-refractivity contribution < 1.29 is 32.9 Å². The Bertz CT molecular complexity index is 777. The number of alkyl halides is 3. The molecule has 0 aliphatic carbocycles. The Morgan fingerprint density at radius 3 is 2.28 bits per heavy atom. The molecule has 0 bridgehead atoms. The maximum absolute atomic E-state index is 13.1. The number of ether oxygens (including phenoxy) is 1. The quantitative estimate of drug-likeness (QED) is 0.741. The lowest BCUT2D eigenvalue weighted by molar-refractivity contribution is -0.163. The summed E-state index contributed by atoms with van der Waals surface area (Å²) in [6.07, 6.45) is -5.28. The summed E-state index contributed by atoms with van der Waals surface area (Å²) in [6.45, 7) is 0. The van der Waals surface area contributed by atoms with E-state index in [1.165, 1.54) is 12.1 Å². The van der Waals surface area contributed by atoms with Gasteiger partial charge in [0.05, 0.1) is 12.7 Å². The molecule has 2 aromatic rings. The third-order valence-electron chi connectivity index (χ3n) is 3.73. The number of esters is 1. The van der Waals surface area contributed by atoms with Gasteiger partial charge in [-0.15, -0.1) is 0 Å². The summed E-state index contributed by atoms with van der Waals surface area (Å²) >= 11 is 2.82. The van der Waals surface area contributed by atoms with E-state index in [0.29, 0.717) is 6.07 Å². The van der Waals surface area contributed by atoms with Gasteiger partial charge in [-0.1, -0.05) is 30.3 Å². The van der Waals surface area contributed by atoms with Crippen LogP contribution in [0.5, 0.6) is 5.75 Å². The molecule has 0 radical (unpaired) electrons. The highest BCUT2D eigenvalue weighted by atomic mass is 79.9. The number of carbonyl (C=O) groups is 1. The van der Waals surface area contributed by atoms with Gasteiger partial charge in [-0.05, 0) is 33.6 Å². The minimum absolute atomic E-state index is 0.130. The molecule has 2 aromatic carbocycles. The van der Waals surface area contributed by atoms with E-state index in [0.717, 1.165) is 13.2 Å². The zero-order chi connectivity index (χ0) is 18.8. The molecule has 2 N–H and O–H groups in total. The van der Waals surface area contributed by atoms with Crippen LogP contribution in [-0.2, 0) is 27.7 Å². The van der Waals surface area contributed by atoms with E-state index in [1.54, 1.807) is 18.2 Å². The fourth-order valence-electron chi connectivity index (χ4n) is 2.43. The Labute approximate surface area is 150 Å². The van der Waals surface area contributed by atoms with E-state index in [1.807, 2.05) is 0 Å². The Kier molecular flexibility index (Phi) is 5.43.